The second-order valence-corrected chi connectivity index (χ2v) is 10.0. The van der Waals surface area contributed by atoms with Crippen LogP contribution in [0.2, 0.25) is 0 Å². The quantitative estimate of drug-likeness (QED) is 0.469. The molecule has 1 saturated heterocycles. The summed E-state index contributed by atoms with van der Waals surface area (Å²) < 4.78 is 18.1. The van der Waals surface area contributed by atoms with Crippen molar-refractivity contribution in [3.63, 3.8) is 0 Å². The number of fused-ring (bicyclic) bond motifs is 8. The van der Waals surface area contributed by atoms with Gasteiger partial charge in [0.05, 0.1) is 30.2 Å². The van der Waals surface area contributed by atoms with E-state index in [-0.39, 0.29) is 30.3 Å². The fraction of sp³-hybridized carbons (Fsp3) is 0.333. The van der Waals surface area contributed by atoms with Crippen LogP contribution in [-0.2, 0) is 4.74 Å². The molecule has 2 aliphatic rings. The fourth-order valence-electron chi connectivity index (χ4n) is 4.34. The van der Waals surface area contributed by atoms with Gasteiger partial charge in [-0.15, -0.1) is 0 Å². The average Bonchev–Trinajstić information content (AvgIpc) is 3.26. The number of nitrogen functional groups attached to an aromatic ring is 1. The van der Waals surface area contributed by atoms with Crippen molar-refractivity contribution in [2.24, 2.45) is 0 Å². The van der Waals surface area contributed by atoms with Gasteiger partial charge in [0.25, 0.3) is 5.91 Å². The predicted octanol–water partition coefficient (Wildman–Crippen LogP) is 4.13. The molecule has 0 spiro atoms. The lowest BCUT2D eigenvalue weighted by Gasteiger charge is -2.28. The van der Waals surface area contributed by atoms with E-state index in [1.807, 2.05) is 51.1 Å². The molecule has 37 heavy (non-hydrogen) atoms. The molecule has 0 saturated carbocycles. The number of para-hydroxylation sites is 2. The molecule has 2 aromatic carbocycles. The van der Waals surface area contributed by atoms with Crippen LogP contribution in [0.5, 0.6) is 11.5 Å². The summed E-state index contributed by atoms with van der Waals surface area (Å²) >= 11 is 0. The Kier molecular flexibility index (Phi) is 6.32. The van der Waals surface area contributed by atoms with Gasteiger partial charge >= 0.3 is 6.09 Å². The summed E-state index contributed by atoms with van der Waals surface area (Å²) in [5.74, 6) is 0.557. The number of nitrogens with zero attached hydrogens (tertiary/aromatic N) is 3. The van der Waals surface area contributed by atoms with Crippen LogP contribution < -0.4 is 20.5 Å². The van der Waals surface area contributed by atoms with Gasteiger partial charge in [0.15, 0.2) is 11.5 Å². The number of hydrogen-bond donors (Lipinski definition) is 2. The van der Waals surface area contributed by atoms with Crippen LogP contribution in [0.15, 0.2) is 54.7 Å². The normalized spacial score (nSPS) is 19.2. The van der Waals surface area contributed by atoms with E-state index in [0.717, 1.165) is 0 Å². The Bertz CT molecular complexity index is 1340. The first-order chi connectivity index (χ1) is 17.7. The summed E-state index contributed by atoms with van der Waals surface area (Å²) in [6.45, 7) is 6.05. The number of benzene rings is 2. The van der Waals surface area contributed by atoms with Crippen molar-refractivity contribution in [1.82, 2.24) is 14.9 Å². The molecule has 6 bridgehead atoms. The molecule has 2 aliphatic heterocycles. The van der Waals surface area contributed by atoms with Crippen LogP contribution in [-0.4, -0.2) is 57.8 Å². The maximum atomic E-state index is 13.2. The number of carbonyl (C=O) groups excluding carboxylic acids is 2. The Labute approximate surface area is 214 Å². The van der Waals surface area contributed by atoms with Crippen molar-refractivity contribution in [3.8, 4) is 22.8 Å². The fourth-order valence-corrected chi connectivity index (χ4v) is 4.34. The van der Waals surface area contributed by atoms with Crippen molar-refractivity contribution in [3.05, 3.63) is 60.4 Å². The molecule has 10 nitrogen and oxygen atoms in total. The lowest BCUT2D eigenvalue weighted by molar-refractivity contribution is 0.0176. The number of likely N-dealkylation sites (tertiary alicyclic amines) is 1. The lowest BCUT2D eigenvalue weighted by Crippen LogP contribution is -2.42. The van der Waals surface area contributed by atoms with Crippen LogP contribution in [0.25, 0.3) is 11.3 Å². The highest BCUT2D eigenvalue weighted by molar-refractivity contribution is 6.06. The number of nitrogens with two attached hydrogens (primary N) is 1. The van der Waals surface area contributed by atoms with Gasteiger partial charge in [-0.05, 0) is 45.0 Å². The topological polar surface area (TPSA) is 129 Å². The summed E-state index contributed by atoms with van der Waals surface area (Å²) in [5.41, 5.74) is 7.00. The van der Waals surface area contributed by atoms with Gasteiger partial charge in [-0.3, -0.25) is 9.69 Å². The molecule has 2 amide bonds. The van der Waals surface area contributed by atoms with Crippen molar-refractivity contribution >= 4 is 23.5 Å². The van der Waals surface area contributed by atoms with Gasteiger partial charge in [-0.2, -0.15) is 0 Å². The zero-order valence-corrected chi connectivity index (χ0v) is 20.9. The molecule has 3 aromatic rings. The predicted molar refractivity (Wildman–Crippen MR) is 138 cm³/mol. The second-order valence-electron chi connectivity index (χ2n) is 10.0. The molecular formula is C27H29N5O5. The Morgan fingerprint density at radius 2 is 2.00 bits per heavy atom. The van der Waals surface area contributed by atoms with Crippen molar-refractivity contribution in [2.45, 2.75) is 44.9 Å². The van der Waals surface area contributed by atoms with E-state index >= 15 is 0 Å². The number of hydrogen-bond acceptors (Lipinski definition) is 8. The highest BCUT2D eigenvalue weighted by Crippen LogP contribution is 2.32. The summed E-state index contributed by atoms with van der Waals surface area (Å²) in [5, 5.41) is 2.85. The minimum atomic E-state index is -0.640. The first-order valence-electron chi connectivity index (χ1n) is 12.1. The average molecular weight is 504 g/mol. The molecule has 0 unspecified atom stereocenters. The largest absolute Gasteiger partial charge is 0.491 e. The molecule has 5 rings (SSSR count). The van der Waals surface area contributed by atoms with Gasteiger partial charge in [0.1, 0.15) is 29.8 Å². The zero-order valence-electron chi connectivity index (χ0n) is 20.9. The van der Waals surface area contributed by atoms with Gasteiger partial charge in [-0.25, -0.2) is 14.8 Å². The number of carbonyl (C=O) groups is 2. The highest BCUT2D eigenvalue weighted by atomic mass is 16.6. The van der Waals surface area contributed by atoms with Gasteiger partial charge in [-0.1, -0.05) is 24.3 Å². The summed E-state index contributed by atoms with van der Waals surface area (Å²) in [6, 6.07) is 14.1. The van der Waals surface area contributed by atoms with E-state index in [1.54, 1.807) is 23.1 Å². The first kappa shape index (κ1) is 24.4. The molecule has 10 heteroatoms. The molecule has 2 atom stereocenters. The number of anilines is 2. The zero-order chi connectivity index (χ0) is 26.2. The third-order valence-electron chi connectivity index (χ3n) is 6.02. The Hall–Kier alpha value is -4.34. The van der Waals surface area contributed by atoms with Crippen molar-refractivity contribution in [2.75, 3.05) is 24.2 Å². The Morgan fingerprint density at radius 3 is 2.81 bits per heavy atom. The monoisotopic (exact) mass is 503 g/mol. The molecule has 1 fully saturated rings. The number of amides is 2. The van der Waals surface area contributed by atoms with E-state index in [1.165, 1.54) is 6.20 Å². The molecule has 1 aromatic heterocycles. The number of nitrogens with one attached hydrogen (secondary N) is 1. The van der Waals surface area contributed by atoms with Crippen molar-refractivity contribution < 1.29 is 23.8 Å². The number of ether oxygens (including phenoxy) is 3. The standard InChI is InChI=1S/C27H29N5O5/c1-27(2,3)37-26(34)32-14-19-12-17(32)15-35-18-8-6-7-16(11-18)21-13-29-24(28)23(30-21)25(33)31-20-9-4-5-10-22(20)36-19/h4-11,13,17,19H,12,14-15H2,1-3H3,(H2,28,29)(H,31,33)/t17-,19+/m1/s1. The second kappa shape index (κ2) is 9.61. The number of rotatable bonds is 0. The van der Waals surface area contributed by atoms with Crippen LogP contribution >= 0.6 is 0 Å². The summed E-state index contributed by atoms with van der Waals surface area (Å²) in [6.07, 6.45) is 1.27. The maximum Gasteiger partial charge on any atom is 0.410 e. The molecule has 3 N–H and O–H groups in total. The smallest absolute Gasteiger partial charge is 0.410 e. The van der Waals surface area contributed by atoms with Gasteiger partial charge < -0.3 is 25.3 Å². The molecule has 0 aliphatic carbocycles. The van der Waals surface area contributed by atoms with Crippen molar-refractivity contribution in [1.29, 1.82) is 0 Å². The molecule has 192 valence electrons. The SMILES string of the molecule is CC(C)(C)OC(=O)N1C[C@@H]2C[C@@H]1COc1cccc(c1)-c1cnc(N)c(n1)C(=O)Nc1ccccc1O2. The van der Waals surface area contributed by atoms with E-state index in [9.17, 15) is 9.59 Å². The third kappa shape index (κ3) is 5.42. The lowest BCUT2D eigenvalue weighted by atomic mass is 10.1. The van der Waals surface area contributed by atoms with Crippen LogP contribution in [0.4, 0.5) is 16.3 Å². The first-order valence-corrected chi connectivity index (χ1v) is 12.1. The van der Waals surface area contributed by atoms with E-state index in [2.05, 4.69) is 15.3 Å². The minimum Gasteiger partial charge on any atom is -0.491 e. The van der Waals surface area contributed by atoms with E-state index in [4.69, 9.17) is 19.9 Å². The van der Waals surface area contributed by atoms with Crippen LogP contribution in [0.3, 0.4) is 0 Å². The summed E-state index contributed by atoms with van der Waals surface area (Å²) in [4.78, 5) is 36.5. The van der Waals surface area contributed by atoms with Gasteiger partial charge in [0.2, 0.25) is 0 Å². The highest BCUT2D eigenvalue weighted by Gasteiger charge is 2.39. The third-order valence-corrected chi connectivity index (χ3v) is 6.02. The van der Waals surface area contributed by atoms with Crippen LogP contribution in [0, 0.1) is 0 Å². The minimum absolute atomic E-state index is 0.00255. The van der Waals surface area contributed by atoms with E-state index in [0.29, 0.717) is 41.4 Å². The maximum absolute atomic E-state index is 13.2. The Morgan fingerprint density at radius 1 is 1.19 bits per heavy atom. The molecular weight excluding hydrogens is 474 g/mol. The molecule has 3 heterocycles. The van der Waals surface area contributed by atoms with Crippen LogP contribution in [0.1, 0.15) is 37.7 Å². The molecule has 0 radical (unpaired) electrons. The van der Waals surface area contributed by atoms with Gasteiger partial charge in [0, 0.05) is 12.0 Å². The summed E-state index contributed by atoms with van der Waals surface area (Å²) in [7, 11) is 0. The Balaban J connectivity index is 1.54. The number of aromatic nitrogens is 2. The van der Waals surface area contributed by atoms with E-state index < -0.39 is 17.6 Å².